The van der Waals surface area contributed by atoms with Gasteiger partial charge in [0.15, 0.2) is 0 Å². The number of nitrogens with zero attached hydrogens (tertiary/aromatic N) is 2. The molecule has 3 aromatic rings. The summed E-state index contributed by atoms with van der Waals surface area (Å²) in [6, 6.07) is 5.69. The van der Waals surface area contributed by atoms with E-state index in [0.29, 0.717) is 13.1 Å². The summed E-state index contributed by atoms with van der Waals surface area (Å²) in [5.74, 6) is 0.929. The number of methoxy groups -OCH3 is 1. The van der Waals surface area contributed by atoms with Crippen molar-refractivity contribution in [1.29, 1.82) is 0 Å². The Labute approximate surface area is 150 Å². The van der Waals surface area contributed by atoms with Gasteiger partial charge in [0.05, 0.1) is 19.1 Å². The van der Waals surface area contributed by atoms with Gasteiger partial charge in [-0.1, -0.05) is 0 Å². The predicted octanol–water partition coefficient (Wildman–Crippen LogP) is 1.67. The minimum atomic E-state index is -0.355. The van der Waals surface area contributed by atoms with Crippen LogP contribution in [0.15, 0.2) is 24.5 Å². The molecule has 0 bridgehead atoms. The molecule has 0 radical (unpaired) electrons. The predicted molar refractivity (Wildman–Crippen MR) is 97.0 cm³/mol. The highest BCUT2D eigenvalue weighted by atomic mass is 16.5. The fourth-order valence-corrected chi connectivity index (χ4v) is 4.11. The van der Waals surface area contributed by atoms with Crippen LogP contribution in [0.4, 0.5) is 0 Å². The zero-order valence-corrected chi connectivity index (χ0v) is 14.6. The zero-order chi connectivity index (χ0) is 17.7. The Morgan fingerprint density at radius 3 is 3.12 bits per heavy atom. The molecular weight excluding hydrogens is 330 g/mol. The molecule has 1 atom stereocenters. The summed E-state index contributed by atoms with van der Waals surface area (Å²) < 4.78 is 5.37. The maximum atomic E-state index is 13.2. The van der Waals surface area contributed by atoms with Crippen LogP contribution in [0, 0.1) is 0 Å². The van der Waals surface area contributed by atoms with Gasteiger partial charge >= 0.3 is 0 Å². The standard InChI is InChI=1S/C19H21N5O2/c1-26-11-2-3-14-12(8-11)13-9-24(7-5-15(13)23-14)19(25)18-17-16(4-6-20-18)21-10-22-17/h2-3,8,10,18,20,23H,4-7,9H2,1H3,(H,21,22). The van der Waals surface area contributed by atoms with Crippen LogP contribution in [0.3, 0.4) is 0 Å². The molecule has 0 spiro atoms. The molecule has 2 aliphatic rings. The lowest BCUT2D eigenvalue weighted by molar-refractivity contribution is -0.134. The SMILES string of the molecule is COc1ccc2[nH]c3c(c2c1)CN(C(=O)C1NCCc2[nH]cnc21)CC3. The minimum Gasteiger partial charge on any atom is -0.497 e. The van der Waals surface area contributed by atoms with Crippen molar-refractivity contribution in [2.24, 2.45) is 0 Å². The van der Waals surface area contributed by atoms with Crippen molar-refractivity contribution in [3.63, 3.8) is 0 Å². The number of hydrogen-bond donors (Lipinski definition) is 3. The van der Waals surface area contributed by atoms with Gasteiger partial charge in [0, 0.05) is 60.3 Å². The Morgan fingerprint density at radius 1 is 1.31 bits per heavy atom. The molecule has 1 aromatic carbocycles. The number of fused-ring (bicyclic) bond motifs is 4. The van der Waals surface area contributed by atoms with Crippen LogP contribution in [0.5, 0.6) is 5.75 Å². The van der Waals surface area contributed by atoms with Crippen LogP contribution in [0.25, 0.3) is 10.9 Å². The number of ether oxygens (including phenoxy) is 1. The lowest BCUT2D eigenvalue weighted by Crippen LogP contribution is -2.45. The first-order valence-corrected chi connectivity index (χ1v) is 8.96. The number of aromatic amines is 2. The van der Waals surface area contributed by atoms with Crippen molar-refractivity contribution in [1.82, 2.24) is 25.2 Å². The van der Waals surface area contributed by atoms with Gasteiger partial charge in [-0.2, -0.15) is 0 Å². The molecule has 7 nitrogen and oxygen atoms in total. The van der Waals surface area contributed by atoms with E-state index < -0.39 is 0 Å². The Hall–Kier alpha value is -2.80. The number of benzene rings is 1. The molecule has 0 saturated heterocycles. The number of H-pyrrole nitrogens is 2. The first kappa shape index (κ1) is 15.5. The Kier molecular flexibility index (Phi) is 3.49. The maximum absolute atomic E-state index is 13.2. The van der Waals surface area contributed by atoms with Gasteiger partial charge in [-0.05, 0) is 18.2 Å². The van der Waals surface area contributed by atoms with Crippen LogP contribution < -0.4 is 10.1 Å². The van der Waals surface area contributed by atoms with E-state index in [0.717, 1.165) is 47.4 Å². The highest BCUT2D eigenvalue weighted by Gasteiger charge is 2.34. The van der Waals surface area contributed by atoms with E-state index in [-0.39, 0.29) is 11.9 Å². The second-order valence-corrected chi connectivity index (χ2v) is 6.91. The summed E-state index contributed by atoms with van der Waals surface area (Å²) >= 11 is 0. The van der Waals surface area contributed by atoms with Crippen molar-refractivity contribution < 1.29 is 9.53 Å². The molecule has 1 amide bonds. The average molecular weight is 351 g/mol. The van der Waals surface area contributed by atoms with Gasteiger partial charge in [-0.15, -0.1) is 0 Å². The van der Waals surface area contributed by atoms with Gasteiger partial charge in [0.1, 0.15) is 11.8 Å². The highest BCUT2D eigenvalue weighted by molar-refractivity contribution is 5.88. The largest absolute Gasteiger partial charge is 0.497 e. The Balaban J connectivity index is 1.46. The quantitative estimate of drug-likeness (QED) is 0.656. The first-order chi connectivity index (χ1) is 12.7. The van der Waals surface area contributed by atoms with E-state index >= 15 is 0 Å². The van der Waals surface area contributed by atoms with Gasteiger partial charge in [0.2, 0.25) is 5.91 Å². The second-order valence-electron chi connectivity index (χ2n) is 6.91. The molecule has 2 aliphatic heterocycles. The van der Waals surface area contributed by atoms with E-state index in [1.807, 2.05) is 23.1 Å². The molecule has 0 fully saturated rings. The smallest absolute Gasteiger partial charge is 0.246 e. The summed E-state index contributed by atoms with van der Waals surface area (Å²) in [6.07, 6.45) is 3.39. The lowest BCUT2D eigenvalue weighted by Gasteiger charge is -2.32. The molecule has 134 valence electrons. The maximum Gasteiger partial charge on any atom is 0.246 e. The summed E-state index contributed by atoms with van der Waals surface area (Å²) in [4.78, 5) is 26.1. The number of nitrogens with one attached hydrogen (secondary N) is 3. The van der Waals surface area contributed by atoms with Crippen molar-refractivity contribution in [3.8, 4) is 5.75 Å². The van der Waals surface area contributed by atoms with E-state index in [2.05, 4.69) is 20.3 Å². The second kappa shape index (κ2) is 5.88. The van der Waals surface area contributed by atoms with E-state index in [1.54, 1.807) is 13.4 Å². The number of aromatic nitrogens is 3. The molecule has 7 heteroatoms. The first-order valence-electron chi connectivity index (χ1n) is 8.96. The summed E-state index contributed by atoms with van der Waals surface area (Å²) in [6.45, 7) is 2.11. The van der Waals surface area contributed by atoms with Crippen molar-refractivity contribution in [2.45, 2.75) is 25.4 Å². The number of carbonyl (C=O) groups excluding carboxylic acids is 1. The summed E-state index contributed by atoms with van der Waals surface area (Å²) in [5, 5.41) is 4.46. The third kappa shape index (κ3) is 2.31. The van der Waals surface area contributed by atoms with Crippen LogP contribution in [0.1, 0.15) is 28.7 Å². The summed E-state index contributed by atoms with van der Waals surface area (Å²) in [5.41, 5.74) is 5.41. The van der Waals surface area contributed by atoms with Crippen LogP contribution in [-0.4, -0.2) is 46.0 Å². The van der Waals surface area contributed by atoms with Crippen LogP contribution >= 0.6 is 0 Å². The molecule has 1 unspecified atom stereocenters. The highest BCUT2D eigenvalue weighted by Crippen LogP contribution is 2.32. The van der Waals surface area contributed by atoms with Crippen LogP contribution in [-0.2, 0) is 24.2 Å². The van der Waals surface area contributed by atoms with Gasteiger partial charge in [0.25, 0.3) is 0 Å². The van der Waals surface area contributed by atoms with Gasteiger partial charge in [-0.25, -0.2) is 4.98 Å². The number of rotatable bonds is 2. The number of imidazole rings is 1. The van der Waals surface area contributed by atoms with Crippen molar-refractivity contribution >= 4 is 16.8 Å². The van der Waals surface area contributed by atoms with E-state index in [1.165, 1.54) is 11.3 Å². The fourth-order valence-electron chi connectivity index (χ4n) is 4.11. The third-order valence-corrected chi connectivity index (χ3v) is 5.49. The van der Waals surface area contributed by atoms with Gasteiger partial charge in [-0.3, -0.25) is 4.79 Å². The number of amides is 1. The minimum absolute atomic E-state index is 0.0981. The van der Waals surface area contributed by atoms with Crippen LogP contribution in [0.2, 0.25) is 0 Å². The zero-order valence-electron chi connectivity index (χ0n) is 14.6. The van der Waals surface area contributed by atoms with Crippen molar-refractivity contribution in [3.05, 3.63) is 47.2 Å². The van der Waals surface area contributed by atoms with E-state index in [9.17, 15) is 4.79 Å². The fraction of sp³-hybridized carbons (Fsp3) is 0.368. The molecule has 4 heterocycles. The summed E-state index contributed by atoms with van der Waals surface area (Å²) in [7, 11) is 1.67. The van der Waals surface area contributed by atoms with Gasteiger partial charge < -0.3 is 24.9 Å². The molecule has 26 heavy (non-hydrogen) atoms. The molecule has 0 saturated carbocycles. The molecule has 0 aliphatic carbocycles. The molecule has 5 rings (SSSR count). The average Bonchev–Trinajstić information content (AvgIpc) is 3.30. The lowest BCUT2D eigenvalue weighted by atomic mass is 10.0. The van der Waals surface area contributed by atoms with Crippen molar-refractivity contribution in [2.75, 3.05) is 20.2 Å². The molecule has 2 aromatic heterocycles. The third-order valence-electron chi connectivity index (χ3n) is 5.49. The molecule has 3 N–H and O–H groups in total. The topological polar surface area (TPSA) is 86.0 Å². The Bertz CT molecular complexity index is 989. The normalized spacial score (nSPS) is 19.3. The van der Waals surface area contributed by atoms with E-state index in [4.69, 9.17) is 4.74 Å². The number of carbonyl (C=O) groups is 1. The molecular formula is C19H21N5O2. The monoisotopic (exact) mass is 351 g/mol. The Morgan fingerprint density at radius 2 is 2.23 bits per heavy atom. The number of hydrogen-bond acceptors (Lipinski definition) is 4.